The van der Waals surface area contributed by atoms with Crippen LogP contribution in [0.4, 0.5) is 5.69 Å². The van der Waals surface area contributed by atoms with E-state index in [2.05, 4.69) is 5.32 Å². The summed E-state index contributed by atoms with van der Waals surface area (Å²) < 4.78 is 28.6. The van der Waals surface area contributed by atoms with Crippen molar-refractivity contribution in [3.63, 3.8) is 0 Å². The fourth-order valence-electron chi connectivity index (χ4n) is 3.88. The summed E-state index contributed by atoms with van der Waals surface area (Å²) in [5.41, 5.74) is 2.77. The molecule has 190 valence electrons. The quantitative estimate of drug-likeness (QED) is 0.449. The molecular formula is C27H30ClN3O4S. The van der Waals surface area contributed by atoms with E-state index in [1.54, 1.807) is 44.2 Å². The van der Waals surface area contributed by atoms with Gasteiger partial charge in [0.25, 0.3) is 10.0 Å². The van der Waals surface area contributed by atoms with E-state index in [0.717, 1.165) is 15.4 Å². The highest BCUT2D eigenvalue weighted by atomic mass is 35.5. The smallest absolute Gasteiger partial charge is 0.264 e. The summed E-state index contributed by atoms with van der Waals surface area (Å²) in [5, 5.41) is 2.91. The molecule has 2 amide bonds. The average molecular weight is 528 g/mol. The molecule has 0 aliphatic rings. The van der Waals surface area contributed by atoms with Crippen LogP contribution in [0.15, 0.2) is 77.7 Å². The van der Waals surface area contributed by atoms with Gasteiger partial charge in [-0.3, -0.25) is 13.9 Å². The Morgan fingerprint density at radius 1 is 0.972 bits per heavy atom. The number of aryl methyl sites for hydroxylation is 2. The third-order valence-corrected chi connectivity index (χ3v) is 7.91. The van der Waals surface area contributed by atoms with Gasteiger partial charge in [-0.2, -0.15) is 0 Å². The number of halogens is 1. The lowest BCUT2D eigenvalue weighted by Crippen LogP contribution is -2.50. The van der Waals surface area contributed by atoms with Gasteiger partial charge < -0.3 is 10.2 Å². The van der Waals surface area contributed by atoms with Crippen molar-refractivity contribution in [2.24, 2.45) is 0 Å². The molecule has 0 saturated heterocycles. The maximum atomic E-state index is 13.8. The van der Waals surface area contributed by atoms with Gasteiger partial charge in [0.2, 0.25) is 11.8 Å². The number of likely N-dealkylation sites (N-methyl/N-ethyl adjacent to an activating group) is 1. The van der Waals surface area contributed by atoms with Crippen LogP contribution >= 0.6 is 11.6 Å². The third kappa shape index (κ3) is 6.25. The van der Waals surface area contributed by atoms with Crippen molar-refractivity contribution >= 4 is 39.1 Å². The molecule has 0 heterocycles. The number of hydrogen-bond acceptors (Lipinski definition) is 4. The molecule has 3 aromatic carbocycles. The number of benzene rings is 3. The molecule has 1 atom stereocenters. The number of anilines is 1. The van der Waals surface area contributed by atoms with Gasteiger partial charge in [0.1, 0.15) is 12.6 Å². The normalized spacial score (nSPS) is 12.0. The highest BCUT2D eigenvalue weighted by Crippen LogP contribution is 2.30. The van der Waals surface area contributed by atoms with Crippen molar-refractivity contribution < 1.29 is 18.0 Å². The maximum absolute atomic E-state index is 13.8. The number of amides is 2. The van der Waals surface area contributed by atoms with Gasteiger partial charge in [0.05, 0.1) is 10.6 Å². The molecule has 0 radical (unpaired) electrons. The van der Waals surface area contributed by atoms with E-state index in [1.165, 1.54) is 30.1 Å². The predicted octanol–water partition coefficient (Wildman–Crippen LogP) is 4.32. The number of nitrogens with one attached hydrogen (secondary N) is 1. The minimum atomic E-state index is -4.13. The van der Waals surface area contributed by atoms with Gasteiger partial charge in [-0.05, 0) is 56.2 Å². The Labute approximate surface area is 217 Å². The van der Waals surface area contributed by atoms with E-state index in [4.69, 9.17) is 11.6 Å². The third-order valence-electron chi connectivity index (χ3n) is 5.90. The largest absolute Gasteiger partial charge is 0.357 e. The molecule has 0 aliphatic heterocycles. The highest BCUT2D eigenvalue weighted by Gasteiger charge is 2.33. The zero-order valence-corrected chi connectivity index (χ0v) is 22.3. The summed E-state index contributed by atoms with van der Waals surface area (Å²) in [7, 11) is -2.63. The zero-order valence-electron chi connectivity index (χ0n) is 20.7. The molecule has 0 aliphatic carbocycles. The van der Waals surface area contributed by atoms with Crippen molar-refractivity contribution in [3.8, 4) is 0 Å². The first-order valence-corrected chi connectivity index (χ1v) is 13.3. The van der Waals surface area contributed by atoms with Crippen molar-refractivity contribution in [1.82, 2.24) is 10.2 Å². The van der Waals surface area contributed by atoms with E-state index in [-0.39, 0.29) is 17.3 Å². The van der Waals surface area contributed by atoms with Crippen LogP contribution < -0.4 is 9.62 Å². The Hall–Kier alpha value is -3.36. The van der Waals surface area contributed by atoms with Crippen molar-refractivity contribution in [1.29, 1.82) is 0 Å². The fourth-order valence-corrected chi connectivity index (χ4v) is 5.54. The Kier molecular flexibility index (Phi) is 8.76. The number of rotatable bonds is 9. The summed E-state index contributed by atoms with van der Waals surface area (Å²) in [6, 6.07) is 19.6. The van der Waals surface area contributed by atoms with Crippen LogP contribution in [0.2, 0.25) is 5.02 Å². The second-order valence-corrected chi connectivity index (χ2v) is 10.9. The first kappa shape index (κ1) is 27.2. The molecule has 9 heteroatoms. The number of carbonyl (C=O) groups is 2. The predicted molar refractivity (Wildman–Crippen MR) is 142 cm³/mol. The molecule has 0 bridgehead atoms. The number of carbonyl (C=O) groups excluding carboxylic acids is 2. The lowest BCUT2D eigenvalue weighted by molar-refractivity contribution is -0.139. The molecular weight excluding hydrogens is 498 g/mol. The lowest BCUT2D eigenvalue weighted by Gasteiger charge is -2.32. The van der Waals surface area contributed by atoms with Crippen LogP contribution in [-0.2, 0) is 26.2 Å². The lowest BCUT2D eigenvalue weighted by atomic mass is 10.1. The topological polar surface area (TPSA) is 86.8 Å². The molecule has 3 aromatic rings. The van der Waals surface area contributed by atoms with Gasteiger partial charge in [-0.1, -0.05) is 65.7 Å². The average Bonchev–Trinajstić information content (AvgIpc) is 2.86. The minimum absolute atomic E-state index is 0.0433. The minimum Gasteiger partial charge on any atom is -0.357 e. The highest BCUT2D eigenvalue weighted by molar-refractivity contribution is 7.92. The van der Waals surface area contributed by atoms with Gasteiger partial charge in [-0.15, -0.1) is 0 Å². The monoisotopic (exact) mass is 527 g/mol. The second kappa shape index (κ2) is 11.6. The van der Waals surface area contributed by atoms with E-state index < -0.39 is 28.5 Å². The van der Waals surface area contributed by atoms with Crippen molar-refractivity contribution in [3.05, 3.63) is 94.5 Å². The molecule has 36 heavy (non-hydrogen) atoms. The number of nitrogens with zero attached hydrogens (tertiary/aromatic N) is 2. The SMILES string of the molecule is CNC(=O)C(C)N(Cc1cccc(C)c1)C(=O)CN(c1cc(Cl)ccc1C)S(=O)(=O)c1ccccc1. The molecule has 0 fully saturated rings. The number of sulfonamides is 1. The zero-order chi connectivity index (χ0) is 26.5. The summed E-state index contributed by atoms with van der Waals surface area (Å²) in [5.74, 6) is -0.876. The van der Waals surface area contributed by atoms with E-state index in [0.29, 0.717) is 16.3 Å². The first-order valence-electron chi connectivity index (χ1n) is 11.4. The summed E-state index contributed by atoms with van der Waals surface area (Å²) >= 11 is 6.22. The summed E-state index contributed by atoms with van der Waals surface area (Å²) in [4.78, 5) is 27.7. The van der Waals surface area contributed by atoms with Crippen LogP contribution in [0.5, 0.6) is 0 Å². The Morgan fingerprint density at radius 3 is 2.31 bits per heavy atom. The van der Waals surface area contributed by atoms with Crippen molar-refractivity contribution in [2.45, 2.75) is 38.3 Å². The van der Waals surface area contributed by atoms with E-state index in [1.807, 2.05) is 31.2 Å². The Balaban J connectivity index is 2.07. The van der Waals surface area contributed by atoms with Crippen LogP contribution in [0.3, 0.4) is 0 Å². The summed E-state index contributed by atoms with van der Waals surface area (Å²) in [6.45, 7) is 4.94. The standard InChI is InChI=1S/C27H30ClN3O4S/c1-19-9-8-10-22(15-19)17-30(21(3)27(33)29-4)26(32)18-31(25-16-23(28)14-13-20(25)2)36(34,35)24-11-6-5-7-12-24/h5-16,21H,17-18H2,1-4H3,(H,29,33). The van der Waals surface area contributed by atoms with E-state index >= 15 is 0 Å². The molecule has 1 N–H and O–H groups in total. The molecule has 0 aromatic heterocycles. The molecule has 1 unspecified atom stereocenters. The Bertz CT molecular complexity index is 1350. The summed E-state index contributed by atoms with van der Waals surface area (Å²) in [6.07, 6.45) is 0. The van der Waals surface area contributed by atoms with Crippen molar-refractivity contribution in [2.75, 3.05) is 17.9 Å². The molecule has 0 spiro atoms. The first-order chi connectivity index (χ1) is 17.0. The number of hydrogen-bond donors (Lipinski definition) is 1. The van der Waals surface area contributed by atoms with E-state index in [9.17, 15) is 18.0 Å². The maximum Gasteiger partial charge on any atom is 0.264 e. The second-order valence-electron chi connectivity index (χ2n) is 8.56. The van der Waals surface area contributed by atoms with Gasteiger partial charge >= 0.3 is 0 Å². The fraction of sp³-hybridized carbons (Fsp3) is 0.259. The molecule has 3 rings (SSSR count). The van der Waals surface area contributed by atoms with Crippen LogP contribution in [0.1, 0.15) is 23.6 Å². The molecule has 0 saturated carbocycles. The van der Waals surface area contributed by atoms with Crippen LogP contribution in [-0.4, -0.2) is 44.8 Å². The van der Waals surface area contributed by atoms with Gasteiger partial charge in [0.15, 0.2) is 0 Å². The molecule has 7 nitrogen and oxygen atoms in total. The van der Waals surface area contributed by atoms with Gasteiger partial charge in [-0.25, -0.2) is 8.42 Å². The Morgan fingerprint density at radius 2 is 1.67 bits per heavy atom. The van der Waals surface area contributed by atoms with Gasteiger partial charge in [0, 0.05) is 18.6 Å². The van der Waals surface area contributed by atoms with Crippen LogP contribution in [0.25, 0.3) is 0 Å². The van der Waals surface area contributed by atoms with Crippen LogP contribution in [0, 0.1) is 13.8 Å².